The van der Waals surface area contributed by atoms with Gasteiger partial charge in [0.25, 0.3) is 0 Å². The number of thioether (sulfide) groups is 1. The summed E-state index contributed by atoms with van der Waals surface area (Å²) in [4.78, 5) is 0. The molecule has 5 heteroatoms. The lowest BCUT2D eigenvalue weighted by Crippen LogP contribution is -1.97. The first-order valence-electron chi connectivity index (χ1n) is 6.95. The number of hydrogen-bond donors (Lipinski definition) is 0. The Morgan fingerprint density at radius 2 is 1.55 bits per heavy atom. The van der Waals surface area contributed by atoms with E-state index in [1.807, 2.05) is 78.5 Å². The minimum absolute atomic E-state index is 0.820. The maximum Gasteiger partial charge on any atom is 0.141 e. The molecule has 0 N–H and O–H groups in total. The molecule has 0 aliphatic carbocycles. The number of aryl methyl sites for hydroxylation is 1. The zero-order valence-corrected chi connectivity index (χ0v) is 13.3. The van der Waals surface area contributed by atoms with Crippen molar-refractivity contribution < 1.29 is 0 Å². The SMILES string of the molecule is CSc1c(N=Nc2ccccc2)c(C)nn1-c1ccccc1. The summed E-state index contributed by atoms with van der Waals surface area (Å²) in [6.07, 6.45) is 2.03. The van der Waals surface area contributed by atoms with Gasteiger partial charge in [-0.05, 0) is 37.4 Å². The molecule has 0 saturated heterocycles. The van der Waals surface area contributed by atoms with Crippen molar-refractivity contribution in [1.82, 2.24) is 9.78 Å². The van der Waals surface area contributed by atoms with Crippen LogP contribution >= 0.6 is 11.8 Å². The Hall–Kier alpha value is -2.40. The van der Waals surface area contributed by atoms with E-state index >= 15 is 0 Å². The second-order valence-electron chi connectivity index (χ2n) is 4.73. The lowest BCUT2D eigenvalue weighted by atomic mass is 10.3. The number of rotatable bonds is 4. The molecule has 0 aliphatic heterocycles. The van der Waals surface area contributed by atoms with E-state index in [9.17, 15) is 0 Å². The van der Waals surface area contributed by atoms with Crippen LogP contribution in [-0.2, 0) is 0 Å². The topological polar surface area (TPSA) is 42.5 Å². The third kappa shape index (κ3) is 2.94. The van der Waals surface area contributed by atoms with E-state index in [4.69, 9.17) is 0 Å². The second-order valence-corrected chi connectivity index (χ2v) is 5.52. The van der Waals surface area contributed by atoms with Crippen LogP contribution < -0.4 is 0 Å². The van der Waals surface area contributed by atoms with Gasteiger partial charge in [-0.3, -0.25) is 0 Å². The molecular weight excluding hydrogens is 292 g/mol. The second kappa shape index (κ2) is 6.58. The average molecular weight is 308 g/mol. The minimum Gasteiger partial charge on any atom is -0.225 e. The summed E-state index contributed by atoms with van der Waals surface area (Å²) in [5.41, 5.74) is 3.55. The summed E-state index contributed by atoms with van der Waals surface area (Å²) >= 11 is 1.62. The first-order chi connectivity index (χ1) is 10.8. The van der Waals surface area contributed by atoms with Crippen LogP contribution in [0.3, 0.4) is 0 Å². The normalized spacial score (nSPS) is 11.2. The fraction of sp³-hybridized carbons (Fsp3) is 0.118. The van der Waals surface area contributed by atoms with Crippen molar-refractivity contribution in [2.45, 2.75) is 11.9 Å². The number of azo groups is 1. The van der Waals surface area contributed by atoms with Gasteiger partial charge in [0.05, 0.1) is 17.1 Å². The molecule has 0 amide bonds. The Kier molecular flexibility index (Phi) is 4.34. The van der Waals surface area contributed by atoms with Gasteiger partial charge in [-0.1, -0.05) is 36.4 Å². The summed E-state index contributed by atoms with van der Waals surface area (Å²) in [6, 6.07) is 19.8. The van der Waals surface area contributed by atoms with Gasteiger partial charge in [0, 0.05) is 0 Å². The van der Waals surface area contributed by atoms with E-state index < -0.39 is 0 Å². The molecule has 0 unspecified atom stereocenters. The van der Waals surface area contributed by atoms with Gasteiger partial charge in [-0.25, -0.2) is 4.68 Å². The molecule has 3 aromatic rings. The fourth-order valence-corrected chi connectivity index (χ4v) is 2.84. The highest BCUT2D eigenvalue weighted by molar-refractivity contribution is 7.98. The number of para-hydroxylation sites is 1. The van der Waals surface area contributed by atoms with Gasteiger partial charge in [0.15, 0.2) is 0 Å². The summed E-state index contributed by atoms with van der Waals surface area (Å²) in [7, 11) is 0. The van der Waals surface area contributed by atoms with E-state index in [2.05, 4.69) is 15.3 Å². The molecule has 0 fully saturated rings. The minimum atomic E-state index is 0.820. The van der Waals surface area contributed by atoms with Crippen LogP contribution in [0.4, 0.5) is 11.4 Å². The zero-order chi connectivity index (χ0) is 15.4. The predicted molar refractivity (Wildman–Crippen MR) is 90.7 cm³/mol. The highest BCUT2D eigenvalue weighted by Crippen LogP contribution is 2.34. The van der Waals surface area contributed by atoms with Crippen molar-refractivity contribution in [3.63, 3.8) is 0 Å². The molecule has 0 saturated carbocycles. The highest BCUT2D eigenvalue weighted by atomic mass is 32.2. The lowest BCUT2D eigenvalue weighted by molar-refractivity contribution is 0.794. The Morgan fingerprint density at radius 3 is 2.18 bits per heavy atom. The summed E-state index contributed by atoms with van der Waals surface area (Å²) in [5.74, 6) is 0. The van der Waals surface area contributed by atoms with Crippen LogP contribution in [0.25, 0.3) is 5.69 Å². The molecule has 0 atom stereocenters. The number of aromatic nitrogens is 2. The molecule has 1 heterocycles. The molecule has 4 nitrogen and oxygen atoms in total. The van der Waals surface area contributed by atoms with Crippen LogP contribution in [-0.4, -0.2) is 16.0 Å². The highest BCUT2D eigenvalue weighted by Gasteiger charge is 2.15. The van der Waals surface area contributed by atoms with Crippen molar-refractivity contribution in [2.75, 3.05) is 6.26 Å². The molecule has 3 rings (SSSR count). The van der Waals surface area contributed by atoms with E-state index in [-0.39, 0.29) is 0 Å². The van der Waals surface area contributed by atoms with Gasteiger partial charge in [-0.2, -0.15) is 10.2 Å². The predicted octanol–water partition coefficient (Wildman–Crippen LogP) is 5.32. The standard InChI is InChI=1S/C17H16N4S/c1-13-16(19-18-14-9-5-3-6-10-14)17(22-2)21(20-13)15-11-7-4-8-12-15/h3-12H,1-2H3. The van der Waals surface area contributed by atoms with Crippen molar-refractivity contribution >= 4 is 23.1 Å². The molecule has 22 heavy (non-hydrogen) atoms. The van der Waals surface area contributed by atoms with Crippen LogP contribution in [0, 0.1) is 6.92 Å². The number of nitrogens with zero attached hydrogens (tertiary/aromatic N) is 4. The van der Waals surface area contributed by atoms with Crippen LogP contribution in [0.2, 0.25) is 0 Å². The van der Waals surface area contributed by atoms with E-state index in [1.165, 1.54) is 0 Å². The van der Waals surface area contributed by atoms with Gasteiger partial charge in [-0.15, -0.1) is 16.9 Å². The molecule has 0 radical (unpaired) electrons. The molecule has 0 spiro atoms. The Balaban J connectivity index is 2.02. The van der Waals surface area contributed by atoms with Crippen molar-refractivity contribution in [3.8, 4) is 5.69 Å². The Morgan fingerprint density at radius 1 is 0.909 bits per heavy atom. The lowest BCUT2D eigenvalue weighted by Gasteiger charge is -2.04. The van der Waals surface area contributed by atoms with Crippen LogP contribution in [0.5, 0.6) is 0 Å². The van der Waals surface area contributed by atoms with Crippen molar-refractivity contribution in [3.05, 3.63) is 66.4 Å². The van der Waals surface area contributed by atoms with Gasteiger partial charge in [0.1, 0.15) is 10.7 Å². The van der Waals surface area contributed by atoms with Gasteiger partial charge in [0.2, 0.25) is 0 Å². The fourth-order valence-electron chi connectivity index (χ4n) is 2.14. The third-order valence-electron chi connectivity index (χ3n) is 3.20. The summed E-state index contributed by atoms with van der Waals surface area (Å²) in [5, 5.41) is 14.3. The average Bonchev–Trinajstić information content (AvgIpc) is 2.90. The van der Waals surface area contributed by atoms with E-state index in [0.29, 0.717) is 0 Å². The molecule has 0 aliphatic rings. The smallest absolute Gasteiger partial charge is 0.141 e. The molecule has 0 bridgehead atoms. The van der Waals surface area contributed by atoms with E-state index in [1.54, 1.807) is 11.8 Å². The first-order valence-corrected chi connectivity index (χ1v) is 8.18. The Labute approximate surface area is 133 Å². The van der Waals surface area contributed by atoms with Gasteiger partial charge >= 0.3 is 0 Å². The van der Waals surface area contributed by atoms with Crippen LogP contribution in [0.1, 0.15) is 5.69 Å². The maximum atomic E-state index is 4.61. The molecule has 2 aromatic carbocycles. The van der Waals surface area contributed by atoms with Crippen LogP contribution in [0.15, 0.2) is 75.9 Å². The maximum absolute atomic E-state index is 4.61. The third-order valence-corrected chi connectivity index (χ3v) is 3.96. The molecule has 110 valence electrons. The number of benzene rings is 2. The Bertz CT molecular complexity index is 779. The van der Waals surface area contributed by atoms with E-state index in [0.717, 1.165) is 27.8 Å². The summed E-state index contributed by atoms with van der Waals surface area (Å²) < 4.78 is 1.92. The molecular formula is C17H16N4S. The largest absolute Gasteiger partial charge is 0.225 e. The van der Waals surface area contributed by atoms with Gasteiger partial charge < -0.3 is 0 Å². The first kappa shape index (κ1) is 14.5. The zero-order valence-electron chi connectivity index (χ0n) is 12.5. The monoisotopic (exact) mass is 308 g/mol. The molecule has 1 aromatic heterocycles. The summed E-state index contributed by atoms with van der Waals surface area (Å²) in [6.45, 7) is 1.96. The quantitative estimate of drug-likeness (QED) is 0.483. The number of hydrogen-bond acceptors (Lipinski definition) is 4. The van der Waals surface area contributed by atoms with Crippen molar-refractivity contribution in [1.29, 1.82) is 0 Å². The van der Waals surface area contributed by atoms with Crippen molar-refractivity contribution in [2.24, 2.45) is 10.2 Å².